The molecule has 1 aromatic carbocycles. The van der Waals surface area contributed by atoms with Gasteiger partial charge >= 0.3 is 0 Å². The standard InChI is InChI=1S/C14H17N3O/c1-11(2)9-18-8-7-15-14-12-5-3-4-6-13(12)16-10-17-14/h3-6,10H,1,7-9H2,2H3,(H,15,16,17). The van der Waals surface area contributed by atoms with E-state index in [0.717, 1.165) is 22.3 Å². The molecule has 0 aliphatic carbocycles. The molecule has 0 saturated heterocycles. The Morgan fingerprint density at radius 1 is 1.33 bits per heavy atom. The molecule has 0 atom stereocenters. The van der Waals surface area contributed by atoms with Crippen LogP contribution >= 0.6 is 0 Å². The van der Waals surface area contributed by atoms with E-state index in [2.05, 4.69) is 21.9 Å². The molecule has 0 saturated carbocycles. The van der Waals surface area contributed by atoms with E-state index in [4.69, 9.17) is 4.74 Å². The number of para-hydroxylation sites is 1. The van der Waals surface area contributed by atoms with Crippen LogP contribution in [0.2, 0.25) is 0 Å². The van der Waals surface area contributed by atoms with Crippen LogP contribution in [0, 0.1) is 0 Å². The Morgan fingerprint density at radius 3 is 3.00 bits per heavy atom. The van der Waals surface area contributed by atoms with E-state index < -0.39 is 0 Å². The molecular weight excluding hydrogens is 226 g/mol. The lowest BCUT2D eigenvalue weighted by molar-refractivity contribution is 0.167. The van der Waals surface area contributed by atoms with Crippen LogP contribution in [0.1, 0.15) is 6.92 Å². The zero-order chi connectivity index (χ0) is 12.8. The van der Waals surface area contributed by atoms with Crippen molar-refractivity contribution in [1.82, 2.24) is 9.97 Å². The van der Waals surface area contributed by atoms with Crippen molar-refractivity contribution in [2.24, 2.45) is 0 Å². The van der Waals surface area contributed by atoms with E-state index in [1.165, 1.54) is 0 Å². The van der Waals surface area contributed by atoms with Gasteiger partial charge in [-0.2, -0.15) is 0 Å². The molecule has 1 N–H and O–H groups in total. The number of hydrogen-bond donors (Lipinski definition) is 1. The number of nitrogens with zero attached hydrogens (tertiary/aromatic N) is 2. The Kier molecular flexibility index (Phi) is 4.25. The molecule has 0 aliphatic heterocycles. The molecule has 2 rings (SSSR count). The van der Waals surface area contributed by atoms with Crippen molar-refractivity contribution in [2.45, 2.75) is 6.92 Å². The minimum Gasteiger partial charge on any atom is -0.375 e. The molecule has 0 radical (unpaired) electrons. The normalized spacial score (nSPS) is 10.5. The summed E-state index contributed by atoms with van der Waals surface area (Å²) in [5.41, 5.74) is 1.97. The number of anilines is 1. The SMILES string of the molecule is C=C(C)COCCNc1ncnc2ccccc12. The van der Waals surface area contributed by atoms with Crippen molar-refractivity contribution >= 4 is 16.7 Å². The Morgan fingerprint density at radius 2 is 2.17 bits per heavy atom. The third-order valence-corrected chi connectivity index (χ3v) is 2.43. The first-order valence-corrected chi connectivity index (χ1v) is 5.93. The average molecular weight is 243 g/mol. The maximum absolute atomic E-state index is 5.42. The van der Waals surface area contributed by atoms with Crippen LogP contribution in [0.3, 0.4) is 0 Å². The van der Waals surface area contributed by atoms with Crippen LogP contribution in [-0.2, 0) is 4.74 Å². The van der Waals surface area contributed by atoms with Gasteiger partial charge in [0.1, 0.15) is 12.1 Å². The van der Waals surface area contributed by atoms with Crippen molar-refractivity contribution in [3.05, 3.63) is 42.7 Å². The highest BCUT2D eigenvalue weighted by Gasteiger charge is 2.01. The summed E-state index contributed by atoms with van der Waals surface area (Å²) < 4.78 is 5.42. The van der Waals surface area contributed by atoms with E-state index in [-0.39, 0.29) is 0 Å². The van der Waals surface area contributed by atoms with Crippen LogP contribution < -0.4 is 5.32 Å². The molecule has 0 aliphatic rings. The third kappa shape index (κ3) is 3.28. The van der Waals surface area contributed by atoms with Crippen molar-refractivity contribution in [2.75, 3.05) is 25.1 Å². The largest absolute Gasteiger partial charge is 0.375 e. The molecule has 18 heavy (non-hydrogen) atoms. The van der Waals surface area contributed by atoms with Crippen LogP contribution in [0.4, 0.5) is 5.82 Å². The van der Waals surface area contributed by atoms with Crippen LogP contribution in [0.5, 0.6) is 0 Å². The second-order valence-electron chi connectivity index (χ2n) is 4.18. The smallest absolute Gasteiger partial charge is 0.137 e. The van der Waals surface area contributed by atoms with Crippen molar-refractivity contribution in [3.8, 4) is 0 Å². The minimum absolute atomic E-state index is 0.603. The maximum atomic E-state index is 5.42. The predicted octanol–water partition coefficient (Wildman–Crippen LogP) is 2.63. The summed E-state index contributed by atoms with van der Waals surface area (Å²) in [4.78, 5) is 8.46. The predicted molar refractivity (Wildman–Crippen MR) is 73.7 cm³/mol. The van der Waals surface area contributed by atoms with Gasteiger partial charge in [-0.3, -0.25) is 0 Å². The summed E-state index contributed by atoms with van der Waals surface area (Å²) in [5, 5.41) is 4.28. The fourth-order valence-electron chi connectivity index (χ4n) is 1.63. The number of hydrogen-bond acceptors (Lipinski definition) is 4. The molecule has 4 nitrogen and oxygen atoms in total. The molecule has 0 fully saturated rings. The zero-order valence-corrected chi connectivity index (χ0v) is 10.5. The first-order chi connectivity index (χ1) is 8.77. The van der Waals surface area contributed by atoms with Gasteiger partial charge in [-0.25, -0.2) is 9.97 Å². The van der Waals surface area contributed by atoms with Crippen LogP contribution in [0.15, 0.2) is 42.7 Å². The Labute approximate surface area is 107 Å². The average Bonchev–Trinajstić information content (AvgIpc) is 2.38. The summed E-state index contributed by atoms with van der Waals surface area (Å²) in [5.74, 6) is 0.847. The highest BCUT2D eigenvalue weighted by atomic mass is 16.5. The molecule has 0 bridgehead atoms. The Hall–Kier alpha value is -1.94. The fourth-order valence-corrected chi connectivity index (χ4v) is 1.63. The molecule has 0 amide bonds. The number of ether oxygens (including phenoxy) is 1. The summed E-state index contributed by atoms with van der Waals surface area (Å²) in [7, 11) is 0. The van der Waals surface area contributed by atoms with Crippen LogP contribution in [-0.4, -0.2) is 29.7 Å². The second-order valence-corrected chi connectivity index (χ2v) is 4.18. The van der Waals surface area contributed by atoms with Crippen molar-refractivity contribution in [3.63, 3.8) is 0 Å². The molecule has 1 heterocycles. The van der Waals surface area contributed by atoms with Crippen molar-refractivity contribution < 1.29 is 4.74 Å². The van der Waals surface area contributed by atoms with E-state index in [0.29, 0.717) is 19.8 Å². The number of fused-ring (bicyclic) bond motifs is 1. The van der Waals surface area contributed by atoms with E-state index in [9.17, 15) is 0 Å². The van der Waals surface area contributed by atoms with Gasteiger partial charge in [0.05, 0.1) is 18.7 Å². The molecule has 0 spiro atoms. The topological polar surface area (TPSA) is 47.0 Å². The van der Waals surface area contributed by atoms with E-state index in [1.807, 2.05) is 31.2 Å². The third-order valence-electron chi connectivity index (χ3n) is 2.43. The second kappa shape index (κ2) is 6.12. The van der Waals surface area contributed by atoms with Gasteiger partial charge < -0.3 is 10.1 Å². The summed E-state index contributed by atoms with van der Waals surface area (Å²) in [6.07, 6.45) is 1.57. The summed E-state index contributed by atoms with van der Waals surface area (Å²) >= 11 is 0. The number of aromatic nitrogens is 2. The quantitative estimate of drug-likeness (QED) is 0.626. The highest BCUT2D eigenvalue weighted by Crippen LogP contribution is 2.17. The molecular formula is C14H17N3O. The zero-order valence-electron chi connectivity index (χ0n) is 10.5. The van der Waals surface area contributed by atoms with E-state index in [1.54, 1.807) is 6.33 Å². The number of benzene rings is 1. The first-order valence-electron chi connectivity index (χ1n) is 5.93. The molecule has 1 aromatic heterocycles. The van der Waals surface area contributed by atoms with Gasteiger partial charge in [0, 0.05) is 11.9 Å². The monoisotopic (exact) mass is 243 g/mol. The van der Waals surface area contributed by atoms with Crippen LogP contribution in [0.25, 0.3) is 10.9 Å². The van der Waals surface area contributed by atoms with Gasteiger partial charge in [0.2, 0.25) is 0 Å². The highest BCUT2D eigenvalue weighted by molar-refractivity contribution is 5.88. The molecule has 2 aromatic rings. The fraction of sp³-hybridized carbons (Fsp3) is 0.286. The van der Waals surface area contributed by atoms with Gasteiger partial charge in [0.25, 0.3) is 0 Å². The maximum Gasteiger partial charge on any atom is 0.137 e. The van der Waals surface area contributed by atoms with Gasteiger partial charge in [-0.05, 0) is 19.1 Å². The number of rotatable bonds is 6. The Bertz CT molecular complexity index is 534. The first kappa shape index (κ1) is 12.5. The van der Waals surface area contributed by atoms with Gasteiger partial charge in [-0.15, -0.1) is 0 Å². The van der Waals surface area contributed by atoms with Gasteiger partial charge in [0.15, 0.2) is 0 Å². The Balaban J connectivity index is 1.93. The lowest BCUT2D eigenvalue weighted by atomic mass is 10.2. The van der Waals surface area contributed by atoms with Crippen molar-refractivity contribution in [1.29, 1.82) is 0 Å². The minimum atomic E-state index is 0.603. The van der Waals surface area contributed by atoms with E-state index >= 15 is 0 Å². The molecule has 0 unspecified atom stereocenters. The summed E-state index contributed by atoms with van der Waals surface area (Å²) in [6, 6.07) is 7.93. The molecule has 4 heteroatoms. The summed E-state index contributed by atoms with van der Waals surface area (Å²) in [6.45, 7) is 7.69. The molecule has 94 valence electrons. The lowest BCUT2D eigenvalue weighted by Gasteiger charge is -2.08. The number of nitrogens with one attached hydrogen (secondary N) is 1. The van der Waals surface area contributed by atoms with Gasteiger partial charge in [-0.1, -0.05) is 24.3 Å². The lowest BCUT2D eigenvalue weighted by Crippen LogP contribution is -2.11.